The molecule has 0 radical (unpaired) electrons. The summed E-state index contributed by atoms with van der Waals surface area (Å²) in [6, 6.07) is 1.00. The molecule has 1 aliphatic carbocycles. The zero-order valence-corrected chi connectivity index (χ0v) is 17.5. The molecule has 3 aliphatic rings. The van der Waals surface area contributed by atoms with Gasteiger partial charge < -0.3 is 4.90 Å². The highest BCUT2D eigenvalue weighted by atomic mass is 35.5. The number of anilines is 1. The average Bonchev–Trinajstić information content (AvgIpc) is 3.22. The Morgan fingerprint density at radius 1 is 1.14 bits per heavy atom. The first-order valence-corrected chi connectivity index (χ1v) is 10.5. The Morgan fingerprint density at radius 3 is 2.39 bits per heavy atom. The van der Waals surface area contributed by atoms with Crippen molar-refractivity contribution in [3.63, 3.8) is 0 Å². The van der Waals surface area contributed by atoms with Gasteiger partial charge in [0.2, 0.25) is 5.28 Å². The second kappa shape index (κ2) is 7.43. The van der Waals surface area contributed by atoms with Crippen LogP contribution in [0.3, 0.4) is 0 Å². The number of Topliss-reactive ketones (excluding diaryl/α,β-unsaturated/α-hetero) is 2. The maximum atomic E-state index is 13.0. The van der Waals surface area contributed by atoms with E-state index in [1.54, 1.807) is 0 Å². The standard InChI is InChI=1S/C22H26ClN3O2/c1-12-10-13(2)17(19(28)11-12)8-9-18(27)20-14(3)21(25-22(23)24-20)26-15-4-5-16(26)7-6-15/h10,15-16H,4-9,11H2,1-3H3. The van der Waals surface area contributed by atoms with Crippen molar-refractivity contribution in [2.45, 2.75) is 77.8 Å². The van der Waals surface area contributed by atoms with E-state index in [0.717, 1.165) is 28.1 Å². The number of hydrogen-bond donors (Lipinski definition) is 0. The van der Waals surface area contributed by atoms with Crippen LogP contribution in [0.15, 0.2) is 22.8 Å². The fourth-order valence-electron chi connectivity index (χ4n) is 5.04. The fourth-order valence-corrected chi connectivity index (χ4v) is 5.21. The summed E-state index contributed by atoms with van der Waals surface area (Å²) in [5, 5.41) is 0.123. The topological polar surface area (TPSA) is 63.2 Å². The van der Waals surface area contributed by atoms with Crippen molar-refractivity contribution in [2.24, 2.45) is 0 Å². The highest BCUT2D eigenvalue weighted by Crippen LogP contribution is 2.42. The number of rotatable bonds is 5. The van der Waals surface area contributed by atoms with Crippen LogP contribution in [0.5, 0.6) is 0 Å². The zero-order chi connectivity index (χ0) is 20.0. The van der Waals surface area contributed by atoms with Crippen molar-refractivity contribution in [3.8, 4) is 0 Å². The second-order valence-corrected chi connectivity index (χ2v) is 8.67. The summed E-state index contributed by atoms with van der Waals surface area (Å²) in [4.78, 5) is 36.4. The van der Waals surface area contributed by atoms with Crippen LogP contribution in [-0.2, 0) is 4.79 Å². The molecule has 2 fully saturated rings. The van der Waals surface area contributed by atoms with E-state index in [0.29, 0.717) is 30.6 Å². The molecule has 6 heteroatoms. The summed E-state index contributed by atoms with van der Waals surface area (Å²) >= 11 is 6.20. The number of hydrogen-bond acceptors (Lipinski definition) is 5. The van der Waals surface area contributed by atoms with Crippen LogP contribution in [0, 0.1) is 6.92 Å². The van der Waals surface area contributed by atoms with Gasteiger partial charge in [-0.1, -0.05) is 11.6 Å². The van der Waals surface area contributed by atoms with Gasteiger partial charge in [0.15, 0.2) is 11.6 Å². The molecule has 1 aromatic rings. The predicted molar refractivity (Wildman–Crippen MR) is 110 cm³/mol. The minimum atomic E-state index is -0.0750. The third-order valence-corrected chi connectivity index (χ3v) is 6.54. The normalized spacial score (nSPS) is 24.2. The molecule has 1 aromatic heterocycles. The molecule has 28 heavy (non-hydrogen) atoms. The maximum Gasteiger partial charge on any atom is 0.225 e. The molecule has 0 aromatic carbocycles. The molecule has 0 unspecified atom stereocenters. The molecule has 0 amide bonds. The lowest BCUT2D eigenvalue weighted by Gasteiger charge is -2.25. The minimum Gasteiger partial charge on any atom is -0.350 e. The Balaban J connectivity index is 1.57. The number of carbonyl (C=O) groups is 2. The summed E-state index contributed by atoms with van der Waals surface area (Å²) in [7, 11) is 0. The van der Waals surface area contributed by atoms with Crippen LogP contribution >= 0.6 is 11.6 Å². The largest absolute Gasteiger partial charge is 0.350 e. The summed E-state index contributed by atoms with van der Waals surface area (Å²) in [5.41, 5.74) is 4.00. The molecule has 0 N–H and O–H groups in total. The molecule has 148 valence electrons. The summed E-state index contributed by atoms with van der Waals surface area (Å²) in [6.07, 6.45) is 7.89. The van der Waals surface area contributed by atoms with E-state index in [9.17, 15) is 9.59 Å². The van der Waals surface area contributed by atoms with E-state index < -0.39 is 0 Å². The first-order valence-electron chi connectivity index (χ1n) is 10.1. The van der Waals surface area contributed by atoms with Crippen molar-refractivity contribution in [1.29, 1.82) is 0 Å². The number of aromatic nitrogens is 2. The molecular formula is C22H26ClN3O2. The first kappa shape index (κ1) is 19.3. The molecule has 2 aliphatic heterocycles. The third-order valence-electron chi connectivity index (χ3n) is 6.37. The summed E-state index contributed by atoms with van der Waals surface area (Å²) in [5.74, 6) is 0.863. The highest BCUT2D eigenvalue weighted by molar-refractivity contribution is 6.28. The van der Waals surface area contributed by atoms with E-state index in [-0.39, 0.29) is 23.3 Å². The summed E-state index contributed by atoms with van der Waals surface area (Å²) < 4.78 is 0. The highest BCUT2D eigenvalue weighted by Gasteiger charge is 2.41. The van der Waals surface area contributed by atoms with Crippen molar-refractivity contribution < 1.29 is 9.59 Å². The van der Waals surface area contributed by atoms with Crippen LogP contribution in [-0.4, -0.2) is 33.6 Å². The van der Waals surface area contributed by atoms with Gasteiger partial charge in [0.1, 0.15) is 11.5 Å². The minimum absolute atomic E-state index is 0.0750. The lowest BCUT2D eigenvalue weighted by atomic mass is 9.89. The Morgan fingerprint density at radius 2 is 1.79 bits per heavy atom. The monoisotopic (exact) mass is 399 g/mol. The molecule has 0 saturated carbocycles. The Hall–Kier alpha value is -2.01. The number of nitrogens with zero attached hydrogens (tertiary/aromatic N) is 3. The lowest BCUT2D eigenvalue weighted by molar-refractivity contribution is -0.115. The van der Waals surface area contributed by atoms with Crippen LogP contribution in [0.2, 0.25) is 5.28 Å². The molecule has 0 spiro atoms. The van der Waals surface area contributed by atoms with Gasteiger partial charge in [-0.15, -0.1) is 0 Å². The maximum absolute atomic E-state index is 13.0. The van der Waals surface area contributed by atoms with E-state index >= 15 is 0 Å². The zero-order valence-electron chi connectivity index (χ0n) is 16.7. The van der Waals surface area contributed by atoms with E-state index in [1.165, 1.54) is 25.7 Å². The van der Waals surface area contributed by atoms with Gasteiger partial charge in [0.25, 0.3) is 0 Å². The first-order chi connectivity index (χ1) is 13.3. The number of halogens is 1. The van der Waals surface area contributed by atoms with Crippen LogP contribution in [0.4, 0.5) is 5.82 Å². The van der Waals surface area contributed by atoms with Gasteiger partial charge in [-0.3, -0.25) is 9.59 Å². The van der Waals surface area contributed by atoms with Gasteiger partial charge in [0, 0.05) is 30.5 Å². The number of carbonyl (C=O) groups excluding carboxylic acids is 2. The molecule has 4 rings (SSSR count). The smallest absolute Gasteiger partial charge is 0.225 e. The van der Waals surface area contributed by atoms with E-state index in [2.05, 4.69) is 14.9 Å². The van der Waals surface area contributed by atoms with Crippen molar-refractivity contribution >= 4 is 29.0 Å². The third kappa shape index (κ3) is 3.41. The molecule has 0 atom stereocenters. The SMILES string of the molecule is CC1=CC(C)=C(CCC(=O)c2nc(Cl)nc(N3C4CCC3CC4)c2C)C(=O)C1. The Labute approximate surface area is 170 Å². The van der Waals surface area contributed by atoms with Gasteiger partial charge in [-0.25, -0.2) is 9.97 Å². The molecule has 5 nitrogen and oxygen atoms in total. The van der Waals surface area contributed by atoms with Crippen molar-refractivity contribution in [1.82, 2.24) is 9.97 Å². The van der Waals surface area contributed by atoms with Crippen LogP contribution < -0.4 is 4.90 Å². The van der Waals surface area contributed by atoms with Gasteiger partial charge in [-0.05, 0) is 75.6 Å². The Bertz CT molecular complexity index is 899. The predicted octanol–water partition coefficient (Wildman–Crippen LogP) is 4.77. The lowest BCUT2D eigenvalue weighted by Crippen LogP contribution is -2.30. The van der Waals surface area contributed by atoms with Gasteiger partial charge in [0.05, 0.1) is 0 Å². The van der Waals surface area contributed by atoms with Gasteiger partial charge >= 0.3 is 0 Å². The fraction of sp³-hybridized carbons (Fsp3) is 0.545. The second-order valence-electron chi connectivity index (χ2n) is 8.33. The van der Waals surface area contributed by atoms with E-state index in [1.807, 2.05) is 26.8 Å². The molecular weight excluding hydrogens is 374 g/mol. The summed E-state index contributed by atoms with van der Waals surface area (Å²) in [6.45, 7) is 5.82. The van der Waals surface area contributed by atoms with Crippen LogP contribution in [0.1, 0.15) is 74.8 Å². The van der Waals surface area contributed by atoms with Crippen molar-refractivity contribution in [3.05, 3.63) is 39.3 Å². The van der Waals surface area contributed by atoms with E-state index in [4.69, 9.17) is 11.6 Å². The molecule has 2 bridgehead atoms. The number of ketones is 2. The number of fused-ring (bicyclic) bond motifs is 2. The number of allylic oxidation sites excluding steroid dienone is 4. The molecule has 2 saturated heterocycles. The van der Waals surface area contributed by atoms with Crippen LogP contribution in [0.25, 0.3) is 0 Å². The van der Waals surface area contributed by atoms with Gasteiger partial charge in [-0.2, -0.15) is 0 Å². The quantitative estimate of drug-likeness (QED) is 0.527. The average molecular weight is 400 g/mol. The van der Waals surface area contributed by atoms with Crippen molar-refractivity contribution in [2.75, 3.05) is 4.90 Å². The molecule has 3 heterocycles. The Kier molecular flexibility index (Phi) is 5.13.